The van der Waals surface area contributed by atoms with E-state index in [1.807, 2.05) is 13.0 Å². The van der Waals surface area contributed by atoms with Crippen molar-refractivity contribution >= 4 is 33.3 Å². The lowest BCUT2D eigenvalue weighted by Gasteiger charge is -2.12. The first kappa shape index (κ1) is 19.7. The molecule has 8 heteroatoms. The molecular weight excluding hydrogens is 391 g/mol. The zero-order chi connectivity index (χ0) is 20.4. The Morgan fingerprint density at radius 3 is 2.97 bits per heavy atom. The molecule has 152 valence electrons. The van der Waals surface area contributed by atoms with E-state index in [1.165, 1.54) is 23.7 Å². The third kappa shape index (κ3) is 4.23. The molecule has 0 radical (unpaired) electrons. The third-order valence-corrected chi connectivity index (χ3v) is 6.34. The molecule has 1 amide bonds. The summed E-state index contributed by atoms with van der Waals surface area (Å²) in [5.41, 5.74) is 2.15. The molecule has 3 aromatic rings. The Hall–Kier alpha value is -2.58. The van der Waals surface area contributed by atoms with Crippen molar-refractivity contribution in [2.75, 3.05) is 18.5 Å². The van der Waals surface area contributed by atoms with Gasteiger partial charge in [0.1, 0.15) is 22.8 Å². The van der Waals surface area contributed by atoms with E-state index < -0.39 is 0 Å². The van der Waals surface area contributed by atoms with Crippen molar-refractivity contribution < 1.29 is 13.9 Å². The molecule has 1 saturated heterocycles. The zero-order valence-electron chi connectivity index (χ0n) is 16.4. The van der Waals surface area contributed by atoms with Crippen LogP contribution < -0.4 is 10.6 Å². The van der Waals surface area contributed by atoms with Gasteiger partial charge in [-0.1, -0.05) is 12.1 Å². The fourth-order valence-electron chi connectivity index (χ4n) is 3.45. The average Bonchev–Trinajstić information content (AvgIpc) is 3.35. The Balaban J connectivity index is 1.50. The van der Waals surface area contributed by atoms with E-state index in [0.29, 0.717) is 17.0 Å². The number of benzene rings is 1. The number of nitrogens with zero attached hydrogens (tertiary/aromatic N) is 2. The summed E-state index contributed by atoms with van der Waals surface area (Å²) in [6.07, 6.45) is 3.82. The van der Waals surface area contributed by atoms with E-state index in [1.54, 1.807) is 13.0 Å². The number of halogens is 1. The molecule has 6 nitrogen and oxygen atoms in total. The van der Waals surface area contributed by atoms with Crippen LogP contribution in [-0.4, -0.2) is 35.1 Å². The van der Waals surface area contributed by atoms with Gasteiger partial charge in [0.25, 0.3) is 5.91 Å². The summed E-state index contributed by atoms with van der Waals surface area (Å²) in [7, 11) is 0. The molecule has 1 atom stereocenters. The van der Waals surface area contributed by atoms with E-state index in [-0.39, 0.29) is 24.4 Å². The molecule has 2 aromatic heterocycles. The van der Waals surface area contributed by atoms with Gasteiger partial charge < -0.3 is 15.4 Å². The van der Waals surface area contributed by atoms with Crippen LogP contribution >= 0.6 is 11.3 Å². The minimum atomic E-state index is -0.271. The Morgan fingerprint density at radius 2 is 2.21 bits per heavy atom. The van der Waals surface area contributed by atoms with Gasteiger partial charge in [-0.15, -0.1) is 11.3 Å². The largest absolute Gasteiger partial charge is 0.376 e. The summed E-state index contributed by atoms with van der Waals surface area (Å²) >= 11 is 1.34. The van der Waals surface area contributed by atoms with Gasteiger partial charge in [-0.25, -0.2) is 14.4 Å². The van der Waals surface area contributed by atoms with Crippen LogP contribution in [0.1, 0.15) is 39.2 Å². The molecule has 0 spiro atoms. The zero-order valence-corrected chi connectivity index (χ0v) is 17.2. The Bertz CT molecular complexity index is 1050. The maximum Gasteiger partial charge on any atom is 0.261 e. The van der Waals surface area contributed by atoms with Gasteiger partial charge >= 0.3 is 0 Å². The van der Waals surface area contributed by atoms with Crippen molar-refractivity contribution in [2.24, 2.45) is 0 Å². The number of fused-ring (bicyclic) bond motifs is 1. The number of aromatic nitrogens is 2. The van der Waals surface area contributed by atoms with E-state index in [4.69, 9.17) is 4.74 Å². The molecule has 0 saturated carbocycles. The summed E-state index contributed by atoms with van der Waals surface area (Å²) < 4.78 is 19.4. The van der Waals surface area contributed by atoms with Gasteiger partial charge in [0.2, 0.25) is 0 Å². The summed E-state index contributed by atoms with van der Waals surface area (Å²) in [5.74, 6) is 0.252. The minimum absolute atomic E-state index is 0.191. The number of thiophene rings is 1. The van der Waals surface area contributed by atoms with Gasteiger partial charge in [-0.2, -0.15) is 0 Å². The summed E-state index contributed by atoms with van der Waals surface area (Å²) in [4.78, 5) is 22.8. The fourth-order valence-corrected chi connectivity index (χ4v) is 4.51. The van der Waals surface area contributed by atoms with Gasteiger partial charge in [0, 0.05) is 19.7 Å². The van der Waals surface area contributed by atoms with Crippen LogP contribution in [0.15, 0.2) is 24.5 Å². The Kier molecular flexibility index (Phi) is 5.73. The van der Waals surface area contributed by atoms with E-state index in [9.17, 15) is 9.18 Å². The maximum absolute atomic E-state index is 13.7. The first-order chi connectivity index (χ1) is 14.0. The highest BCUT2D eigenvalue weighted by Gasteiger charge is 2.21. The van der Waals surface area contributed by atoms with Crippen LogP contribution in [0.2, 0.25) is 0 Å². The second-order valence-corrected chi connectivity index (χ2v) is 8.24. The highest BCUT2D eigenvalue weighted by molar-refractivity contribution is 7.20. The standard InChI is InChI=1S/C21H23FN4O2S/c1-12-5-6-14(8-16(12)22)9-24-20(27)18-13(2)17-19(25-11-26-21(17)29-18)23-10-15-4-3-7-28-15/h5-6,8,11,15H,3-4,7,9-10H2,1-2H3,(H,24,27)(H,23,25,26). The number of carbonyl (C=O) groups is 1. The predicted molar refractivity (Wildman–Crippen MR) is 112 cm³/mol. The fraction of sp³-hybridized carbons (Fsp3) is 0.381. The topological polar surface area (TPSA) is 76.1 Å². The van der Waals surface area contributed by atoms with Crippen LogP contribution in [0, 0.1) is 19.7 Å². The molecule has 1 aromatic carbocycles. The molecule has 4 rings (SSSR count). The van der Waals surface area contributed by atoms with Crippen molar-refractivity contribution in [3.05, 3.63) is 51.9 Å². The number of rotatable bonds is 6. The quantitative estimate of drug-likeness (QED) is 0.638. The lowest BCUT2D eigenvalue weighted by atomic mass is 10.1. The number of amides is 1. The molecule has 3 heterocycles. The van der Waals surface area contributed by atoms with Crippen LogP contribution in [-0.2, 0) is 11.3 Å². The van der Waals surface area contributed by atoms with Crippen LogP contribution in [0.4, 0.5) is 10.2 Å². The molecule has 1 unspecified atom stereocenters. The second kappa shape index (κ2) is 8.42. The average molecular weight is 415 g/mol. The van der Waals surface area contributed by atoms with E-state index in [2.05, 4.69) is 20.6 Å². The number of nitrogens with one attached hydrogen (secondary N) is 2. The molecule has 1 aliphatic heterocycles. The van der Waals surface area contributed by atoms with Crippen LogP contribution in [0.5, 0.6) is 0 Å². The summed E-state index contributed by atoms with van der Waals surface area (Å²) in [5, 5.41) is 7.09. The van der Waals surface area contributed by atoms with Crippen molar-refractivity contribution in [1.82, 2.24) is 15.3 Å². The van der Waals surface area contributed by atoms with Gasteiger partial charge in [0.05, 0.1) is 16.4 Å². The molecule has 2 N–H and O–H groups in total. The third-order valence-electron chi connectivity index (χ3n) is 5.14. The monoisotopic (exact) mass is 414 g/mol. The molecular formula is C21H23FN4O2S. The van der Waals surface area contributed by atoms with Gasteiger partial charge in [-0.3, -0.25) is 4.79 Å². The van der Waals surface area contributed by atoms with Crippen LogP contribution in [0.3, 0.4) is 0 Å². The predicted octanol–water partition coefficient (Wildman–Crippen LogP) is 3.97. The highest BCUT2D eigenvalue weighted by atomic mass is 32.1. The molecule has 0 aliphatic carbocycles. The lowest BCUT2D eigenvalue weighted by Crippen LogP contribution is -2.22. The first-order valence-electron chi connectivity index (χ1n) is 9.65. The van der Waals surface area contributed by atoms with Crippen molar-refractivity contribution in [3.8, 4) is 0 Å². The number of hydrogen-bond donors (Lipinski definition) is 2. The number of carbonyl (C=O) groups excluding carboxylic acids is 1. The Morgan fingerprint density at radius 1 is 1.34 bits per heavy atom. The highest BCUT2D eigenvalue weighted by Crippen LogP contribution is 2.33. The molecule has 0 bridgehead atoms. The Labute approximate surface area is 172 Å². The lowest BCUT2D eigenvalue weighted by molar-refractivity contribution is 0.0954. The first-order valence-corrected chi connectivity index (χ1v) is 10.5. The summed E-state index contributed by atoms with van der Waals surface area (Å²) in [6, 6.07) is 4.98. The van der Waals surface area contributed by atoms with Crippen molar-refractivity contribution in [1.29, 1.82) is 0 Å². The van der Waals surface area contributed by atoms with E-state index in [0.717, 1.165) is 46.6 Å². The number of hydrogen-bond acceptors (Lipinski definition) is 6. The number of ether oxygens (including phenoxy) is 1. The molecule has 1 fully saturated rings. The minimum Gasteiger partial charge on any atom is -0.376 e. The SMILES string of the molecule is Cc1ccc(CNC(=O)c2sc3ncnc(NCC4CCCO4)c3c2C)cc1F. The normalized spacial score (nSPS) is 16.3. The number of aryl methyl sites for hydroxylation is 2. The van der Waals surface area contributed by atoms with Crippen molar-refractivity contribution in [3.63, 3.8) is 0 Å². The molecule has 29 heavy (non-hydrogen) atoms. The number of anilines is 1. The van der Waals surface area contributed by atoms with Crippen molar-refractivity contribution in [2.45, 2.75) is 39.3 Å². The second-order valence-electron chi connectivity index (χ2n) is 7.24. The van der Waals surface area contributed by atoms with Gasteiger partial charge in [0.15, 0.2) is 0 Å². The van der Waals surface area contributed by atoms with E-state index >= 15 is 0 Å². The molecule has 1 aliphatic rings. The van der Waals surface area contributed by atoms with Crippen LogP contribution in [0.25, 0.3) is 10.2 Å². The van der Waals surface area contributed by atoms with Gasteiger partial charge in [-0.05, 0) is 49.4 Å². The smallest absolute Gasteiger partial charge is 0.261 e. The maximum atomic E-state index is 13.7. The summed E-state index contributed by atoms with van der Waals surface area (Å²) in [6.45, 7) is 5.36.